The van der Waals surface area contributed by atoms with E-state index in [2.05, 4.69) is 14.9 Å². The van der Waals surface area contributed by atoms with Gasteiger partial charge >= 0.3 is 0 Å². The van der Waals surface area contributed by atoms with Crippen LogP contribution in [0.25, 0.3) is 10.8 Å². The van der Waals surface area contributed by atoms with Crippen molar-refractivity contribution in [3.8, 4) is 0 Å². The molecule has 4 rings (SSSR count). The number of hydrogen-bond acceptors (Lipinski definition) is 4. The molecule has 23 heavy (non-hydrogen) atoms. The fourth-order valence-corrected chi connectivity index (χ4v) is 3.96. The predicted molar refractivity (Wildman–Crippen MR) is 91.4 cm³/mol. The Hall–Kier alpha value is -1.72. The quantitative estimate of drug-likeness (QED) is 0.868. The van der Waals surface area contributed by atoms with E-state index in [-0.39, 0.29) is 5.56 Å². The zero-order valence-electron chi connectivity index (χ0n) is 13.5. The predicted octanol–water partition coefficient (Wildman–Crippen LogP) is 1.91. The molecule has 2 fully saturated rings. The first-order valence-corrected chi connectivity index (χ1v) is 8.72. The molecule has 122 valence electrons. The van der Waals surface area contributed by atoms with Crippen LogP contribution in [-0.4, -0.2) is 51.8 Å². The highest BCUT2D eigenvalue weighted by atomic mass is 16.1. The van der Waals surface area contributed by atoms with Crippen LogP contribution in [0.15, 0.2) is 35.3 Å². The van der Waals surface area contributed by atoms with Gasteiger partial charge in [0.1, 0.15) is 0 Å². The van der Waals surface area contributed by atoms with Gasteiger partial charge in [-0.15, -0.1) is 0 Å². The van der Waals surface area contributed by atoms with Gasteiger partial charge in [0.05, 0.1) is 18.3 Å². The van der Waals surface area contributed by atoms with Crippen molar-refractivity contribution in [1.82, 2.24) is 19.6 Å². The smallest absolute Gasteiger partial charge is 0.275 e. The van der Waals surface area contributed by atoms with E-state index in [0.717, 1.165) is 43.0 Å². The third-order valence-corrected chi connectivity index (χ3v) is 5.34. The van der Waals surface area contributed by atoms with Gasteiger partial charge in [-0.3, -0.25) is 14.6 Å². The van der Waals surface area contributed by atoms with Gasteiger partial charge in [-0.05, 0) is 18.9 Å². The maximum absolute atomic E-state index is 12.5. The van der Waals surface area contributed by atoms with Crippen molar-refractivity contribution in [1.29, 1.82) is 0 Å². The highest BCUT2D eigenvalue weighted by Gasteiger charge is 2.26. The lowest BCUT2D eigenvalue weighted by molar-refractivity contribution is 0.0750. The third-order valence-electron chi connectivity index (χ3n) is 5.34. The molecule has 0 unspecified atom stereocenters. The van der Waals surface area contributed by atoms with Gasteiger partial charge in [0.25, 0.3) is 5.56 Å². The van der Waals surface area contributed by atoms with Gasteiger partial charge < -0.3 is 0 Å². The highest BCUT2D eigenvalue weighted by molar-refractivity contribution is 5.80. The van der Waals surface area contributed by atoms with Crippen molar-refractivity contribution < 1.29 is 0 Å². The molecule has 0 bridgehead atoms. The minimum atomic E-state index is 0.0151. The summed E-state index contributed by atoms with van der Waals surface area (Å²) in [5.74, 6) is 0. The van der Waals surface area contributed by atoms with Gasteiger partial charge in [-0.1, -0.05) is 31.0 Å². The number of hydrogen-bond donors (Lipinski definition) is 0. The summed E-state index contributed by atoms with van der Waals surface area (Å²) in [4.78, 5) is 17.5. The highest BCUT2D eigenvalue weighted by Crippen LogP contribution is 2.24. The second-order valence-electron chi connectivity index (χ2n) is 6.77. The van der Waals surface area contributed by atoms with E-state index in [1.54, 1.807) is 10.9 Å². The van der Waals surface area contributed by atoms with E-state index in [1.807, 2.05) is 24.3 Å². The second-order valence-corrected chi connectivity index (χ2v) is 6.77. The lowest BCUT2D eigenvalue weighted by atomic mass is 10.2. The van der Waals surface area contributed by atoms with Crippen LogP contribution < -0.4 is 5.56 Å². The Labute approximate surface area is 136 Å². The number of benzene rings is 1. The molecule has 1 saturated heterocycles. The molecule has 1 aliphatic heterocycles. The van der Waals surface area contributed by atoms with Crippen LogP contribution in [0.5, 0.6) is 0 Å². The van der Waals surface area contributed by atoms with E-state index in [4.69, 9.17) is 0 Å². The molecule has 1 aliphatic carbocycles. The van der Waals surface area contributed by atoms with E-state index in [9.17, 15) is 4.79 Å². The van der Waals surface area contributed by atoms with Crippen LogP contribution in [0.4, 0.5) is 0 Å². The molecule has 2 aliphatic rings. The van der Waals surface area contributed by atoms with Gasteiger partial charge in [-0.2, -0.15) is 5.10 Å². The molecule has 0 spiro atoms. The molecule has 0 N–H and O–H groups in total. The Morgan fingerprint density at radius 3 is 2.57 bits per heavy atom. The molecule has 0 atom stereocenters. The maximum Gasteiger partial charge on any atom is 0.275 e. The van der Waals surface area contributed by atoms with Crippen molar-refractivity contribution in [3.05, 3.63) is 40.8 Å². The van der Waals surface area contributed by atoms with E-state index in [1.165, 1.54) is 25.7 Å². The molecule has 1 aromatic carbocycles. The number of nitrogens with zero attached hydrogens (tertiary/aromatic N) is 4. The normalized spacial score (nSPS) is 21.2. The Morgan fingerprint density at radius 1 is 1.04 bits per heavy atom. The van der Waals surface area contributed by atoms with Gasteiger partial charge in [-0.25, -0.2) is 4.68 Å². The van der Waals surface area contributed by atoms with E-state index < -0.39 is 0 Å². The van der Waals surface area contributed by atoms with Crippen molar-refractivity contribution in [2.75, 3.05) is 26.2 Å². The van der Waals surface area contributed by atoms with Crippen LogP contribution in [-0.2, 0) is 6.67 Å². The summed E-state index contributed by atoms with van der Waals surface area (Å²) < 4.78 is 1.60. The zero-order valence-corrected chi connectivity index (χ0v) is 13.5. The average molecular weight is 312 g/mol. The van der Waals surface area contributed by atoms with Crippen molar-refractivity contribution in [2.24, 2.45) is 0 Å². The molecule has 2 heterocycles. The molecule has 0 radical (unpaired) electrons. The first-order valence-electron chi connectivity index (χ1n) is 8.72. The van der Waals surface area contributed by atoms with E-state index >= 15 is 0 Å². The van der Waals surface area contributed by atoms with Crippen LogP contribution in [0.1, 0.15) is 25.7 Å². The molecule has 2 aromatic rings. The molecular formula is C18H24N4O. The summed E-state index contributed by atoms with van der Waals surface area (Å²) >= 11 is 0. The molecule has 5 nitrogen and oxygen atoms in total. The summed E-state index contributed by atoms with van der Waals surface area (Å²) in [5, 5.41) is 6.02. The summed E-state index contributed by atoms with van der Waals surface area (Å²) in [7, 11) is 0. The minimum Gasteiger partial charge on any atom is -0.298 e. The molecular weight excluding hydrogens is 288 g/mol. The fraction of sp³-hybridized carbons (Fsp3) is 0.556. The Kier molecular flexibility index (Phi) is 4.14. The number of piperazine rings is 1. The SMILES string of the molecule is O=c1c2ccccc2cnn1CN1CCN(C2CCCC2)CC1. The molecule has 1 saturated carbocycles. The lowest BCUT2D eigenvalue weighted by Crippen LogP contribution is -2.50. The minimum absolute atomic E-state index is 0.0151. The monoisotopic (exact) mass is 312 g/mol. The number of aromatic nitrogens is 2. The Morgan fingerprint density at radius 2 is 1.78 bits per heavy atom. The zero-order chi connectivity index (χ0) is 15.6. The van der Waals surface area contributed by atoms with Crippen LogP contribution in [0, 0.1) is 0 Å². The Bertz CT molecular complexity index is 727. The van der Waals surface area contributed by atoms with Crippen LogP contribution in [0.2, 0.25) is 0 Å². The van der Waals surface area contributed by atoms with Gasteiger partial charge in [0.15, 0.2) is 0 Å². The Balaban J connectivity index is 1.43. The first kappa shape index (κ1) is 14.8. The average Bonchev–Trinajstić information content (AvgIpc) is 3.13. The van der Waals surface area contributed by atoms with Crippen molar-refractivity contribution in [3.63, 3.8) is 0 Å². The molecule has 1 aromatic heterocycles. The summed E-state index contributed by atoms with van der Waals surface area (Å²) in [6.45, 7) is 4.89. The lowest BCUT2D eigenvalue weighted by Gasteiger charge is -2.37. The summed E-state index contributed by atoms with van der Waals surface area (Å²) in [6.07, 6.45) is 7.31. The van der Waals surface area contributed by atoms with Crippen LogP contribution in [0.3, 0.4) is 0 Å². The van der Waals surface area contributed by atoms with Crippen molar-refractivity contribution >= 4 is 10.8 Å². The van der Waals surface area contributed by atoms with Gasteiger partial charge in [0, 0.05) is 37.6 Å². The standard InChI is InChI=1S/C18H24N4O/c23-18-17-8-4-1-5-15(17)13-19-22(18)14-20-9-11-21(12-10-20)16-6-2-3-7-16/h1,4-5,8,13,16H,2-3,6-7,9-12,14H2. The van der Waals surface area contributed by atoms with Crippen molar-refractivity contribution in [2.45, 2.75) is 38.4 Å². The second kappa shape index (κ2) is 6.42. The fourth-order valence-electron chi connectivity index (χ4n) is 3.96. The molecule has 5 heteroatoms. The third kappa shape index (κ3) is 3.03. The summed E-state index contributed by atoms with van der Waals surface area (Å²) in [6, 6.07) is 8.48. The number of fused-ring (bicyclic) bond motifs is 1. The van der Waals surface area contributed by atoms with Gasteiger partial charge in [0.2, 0.25) is 0 Å². The van der Waals surface area contributed by atoms with E-state index in [0.29, 0.717) is 6.67 Å². The molecule has 0 amide bonds. The summed E-state index contributed by atoms with van der Waals surface area (Å²) in [5.41, 5.74) is 0.0151. The first-order chi connectivity index (χ1) is 11.3. The number of rotatable bonds is 3. The maximum atomic E-state index is 12.5. The topological polar surface area (TPSA) is 41.4 Å². The van der Waals surface area contributed by atoms with Crippen LogP contribution >= 0.6 is 0 Å². The largest absolute Gasteiger partial charge is 0.298 e.